The van der Waals surface area contributed by atoms with Gasteiger partial charge in [-0.05, 0) is 55.9 Å². The van der Waals surface area contributed by atoms with E-state index in [-0.39, 0.29) is 0 Å². The fraction of sp³-hybridized carbons (Fsp3) is 0. The molecule has 0 unspecified atom stereocenters. The molecule has 0 fully saturated rings. The Kier molecular flexibility index (Phi) is 4.93. The molecule has 0 amide bonds. The van der Waals surface area contributed by atoms with Gasteiger partial charge in [0.25, 0.3) is 0 Å². The molecule has 196 valence electrons. The lowest BCUT2D eigenvalue weighted by atomic mass is 9.83. The highest BCUT2D eigenvalue weighted by Crippen LogP contribution is 2.48. The number of benzene rings is 7. The van der Waals surface area contributed by atoms with E-state index in [1.54, 1.807) is 6.26 Å². The average Bonchev–Trinajstić information content (AvgIpc) is 3.69. The molecular formula is C40H24O2. The minimum absolute atomic E-state index is 0.789. The Morgan fingerprint density at radius 2 is 0.881 bits per heavy atom. The summed E-state index contributed by atoms with van der Waals surface area (Å²) in [7, 11) is 0. The molecule has 0 bridgehead atoms. The van der Waals surface area contributed by atoms with Crippen molar-refractivity contribution in [3.63, 3.8) is 0 Å². The summed E-state index contributed by atoms with van der Waals surface area (Å²) in [5.41, 5.74) is 9.64. The summed E-state index contributed by atoms with van der Waals surface area (Å²) < 4.78 is 12.6. The van der Waals surface area contributed by atoms with Gasteiger partial charge in [-0.15, -0.1) is 0 Å². The first-order chi connectivity index (χ1) is 20.9. The fourth-order valence-electron chi connectivity index (χ4n) is 6.76. The van der Waals surface area contributed by atoms with Gasteiger partial charge in [0.1, 0.15) is 5.58 Å². The molecule has 0 atom stereocenters. The van der Waals surface area contributed by atoms with E-state index in [4.69, 9.17) is 8.83 Å². The molecule has 0 N–H and O–H groups in total. The second-order valence-electron chi connectivity index (χ2n) is 10.8. The van der Waals surface area contributed by atoms with E-state index >= 15 is 0 Å². The van der Waals surface area contributed by atoms with Crippen molar-refractivity contribution in [3.8, 4) is 33.4 Å². The molecular weight excluding hydrogens is 512 g/mol. The number of hydrogen-bond donors (Lipinski definition) is 0. The molecule has 42 heavy (non-hydrogen) atoms. The van der Waals surface area contributed by atoms with Crippen LogP contribution in [0.4, 0.5) is 0 Å². The van der Waals surface area contributed by atoms with Crippen molar-refractivity contribution >= 4 is 54.5 Å². The van der Waals surface area contributed by atoms with Gasteiger partial charge in [0.15, 0.2) is 11.2 Å². The number of para-hydroxylation sites is 1. The monoisotopic (exact) mass is 536 g/mol. The zero-order valence-electron chi connectivity index (χ0n) is 22.7. The minimum Gasteiger partial charge on any atom is -0.460 e. The molecule has 0 radical (unpaired) electrons. The molecule has 2 nitrogen and oxygen atoms in total. The van der Waals surface area contributed by atoms with Crippen LogP contribution >= 0.6 is 0 Å². The van der Waals surface area contributed by atoms with Gasteiger partial charge < -0.3 is 8.83 Å². The lowest BCUT2D eigenvalue weighted by molar-refractivity contribution is 0.600. The topological polar surface area (TPSA) is 26.3 Å². The quantitative estimate of drug-likeness (QED) is 0.210. The Morgan fingerprint density at radius 3 is 1.60 bits per heavy atom. The maximum absolute atomic E-state index is 6.71. The predicted octanol–water partition coefficient (Wildman–Crippen LogP) is 11.6. The third-order valence-corrected chi connectivity index (χ3v) is 8.57. The van der Waals surface area contributed by atoms with Crippen LogP contribution in [0.25, 0.3) is 87.8 Å². The molecule has 0 aliphatic rings. The second kappa shape index (κ2) is 8.95. The maximum atomic E-state index is 6.71. The SMILES string of the molecule is c1ccc(-c2ccccc2-c2c3ccccc3c(-c3cccc4c3oc3c4ccc4ccoc43)c3ccccc23)cc1. The summed E-state index contributed by atoms with van der Waals surface area (Å²) in [6, 6.07) is 49.7. The van der Waals surface area contributed by atoms with Crippen LogP contribution in [0.1, 0.15) is 0 Å². The first-order valence-electron chi connectivity index (χ1n) is 14.3. The molecule has 7 aromatic carbocycles. The average molecular weight is 537 g/mol. The molecule has 2 heterocycles. The number of furan rings is 2. The Balaban J connectivity index is 1.42. The van der Waals surface area contributed by atoms with E-state index in [1.807, 2.05) is 6.07 Å². The van der Waals surface area contributed by atoms with Crippen molar-refractivity contribution in [1.29, 1.82) is 0 Å². The predicted molar refractivity (Wildman–Crippen MR) is 175 cm³/mol. The Bertz CT molecular complexity index is 2400. The minimum atomic E-state index is 0.789. The summed E-state index contributed by atoms with van der Waals surface area (Å²) in [6.45, 7) is 0. The van der Waals surface area contributed by atoms with Crippen LogP contribution in [0.3, 0.4) is 0 Å². The Morgan fingerprint density at radius 1 is 0.333 bits per heavy atom. The van der Waals surface area contributed by atoms with E-state index in [0.29, 0.717) is 0 Å². The van der Waals surface area contributed by atoms with Gasteiger partial charge in [-0.2, -0.15) is 0 Å². The largest absolute Gasteiger partial charge is 0.460 e. The van der Waals surface area contributed by atoms with Crippen LogP contribution in [0, 0.1) is 0 Å². The normalized spacial score (nSPS) is 11.8. The van der Waals surface area contributed by atoms with Gasteiger partial charge in [0, 0.05) is 27.3 Å². The summed E-state index contributed by atoms with van der Waals surface area (Å²) in [6.07, 6.45) is 1.73. The van der Waals surface area contributed by atoms with Crippen LogP contribution in [0.5, 0.6) is 0 Å². The molecule has 0 saturated heterocycles. The molecule has 2 heteroatoms. The molecule has 0 saturated carbocycles. The first kappa shape index (κ1) is 23.1. The maximum Gasteiger partial charge on any atom is 0.178 e. The van der Waals surface area contributed by atoms with E-state index in [0.717, 1.165) is 38.5 Å². The van der Waals surface area contributed by atoms with Gasteiger partial charge >= 0.3 is 0 Å². The van der Waals surface area contributed by atoms with Crippen molar-refractivity contribution in [2.75, 3.05) is 0 Å². The summed E-state index contributed by atoms with van der Waals surface area (Å²) in [5, 5.41) is 8.03. The molecule has 0 aliphatic carbocycles. The molecule has 9 rings (SSSR count). The summed E-state index contributed by atoms with van der Waals surface area (Å²) in [5.74, 6) is 0. The second-order valence-corrected chi connectivity index (χ2v) is 10.8. The molecule has 2 aromatic heterocycles. The summed E-state index contributed by atoms with van der Waals surface area (Å²) >= 11 is 0. The third-order valence-electron chi connectivity index (χ3n) is 8.57. The van der Waals surface area contributed by atoms with Crippen molar-refractivity contribution in [3.05, 3.63) is 146 Å². The Labute approximate surface area is 242 Å². The highest BCUT2D eigenvalue weighted by molar-refractivity contribution is 6.25. The first-order valence-corrected chi connectivity index (χ1v) is 14.3. The third kappa shape index (κ3) is 3.27. The van der Waals surface area contributed by atoms with Crippen LogP contribution < -0.4 is 0 Å². The highest BCUT2D eigenvalue weighted by Gasteiger charge is 2.22. The van der Waals surface area contributed by atoms with Crippen LogP contribution in [-0.2, 0) is 0 Å². The van der Waals surface area contributed by atoms with Crippen LogP contribution in [0.2, 0.25) is 0 Å². The molecule has 9 aromatic rings. The Hall–Kier alpha value is -5.60. The van der Waals surface area contributed by atoms with E-state index < -0.39 is 0 Å². The van der Waals surface area contributed by atoms with Gasteiger partial charge in [0.2, 0.25) is 0 Å². The van der Waals surface area contributed by atoms with Crippen molar-refractivity contribution in [2.24, 2.45) is 0 Å². The standard InChI is InChI=1S/C40H24O2/c1-2-11-25(12-3-1)27-13-4-5-14-28(27)36-29-15-6-8-17-31(29)37(32-18-9-7-16-30(32)36)35-20-10-19-33-34-22-21-26-23-24-41-38(26)40(34)42-39(33)35/h1-24H. The molecule has 0 spiro atoms. The van der Waals surface area contributed by atoms with Gasteiger partial charge in [-0.1, -0.05) is 127 Å². The summed E-state index contributed by atoms with van der Waals surface area (Å²) in [4.78, 5) is 0. The van der Waals surface area contributed by atoms with Crippen LogP contribution in [-0.4, -0.2) is 0 Å². The smallest absolute Gasteiger partial charge is 0.178 e. The van der Waals surface area contributed by atoms with E-state index in [2.05, 4.69) is 133 Å². The highest BCUT2D eigenvalue weighted by atomic mass is 16.4. The van der Waals surface area contributed by atoms with Crippen molar-refractivity contribution in [1.82, 2.24) is 0 Å². The fourth-order valence-corrected chi connectivity index (χ4v) is 6.76. The van der Waals surface area contributed by atoms with E-state index in [1.165, 1.54) is 49.4 Å². The van der Waals surface area contributed by atoms with Crippen molar-refractivity contribution < 1.29 is 8.83 Å². The lowest BCUT2D eigenvalue weighted by Gasteiger charge is -2.19. The number of hydrogen-bond acceptors (Lipinski definition) is 2. The zero-order valence-corrected chi connectivity index (χ0v) is 22.7. The van der Waals surface area contributed by atoms with Gasteiger partial charge in [0.05, 0.1) is 6.26 Å². The lowest BCUT2D eigenvalue weighted by Crippen LogP contribution is -1.92. The van der Waals surface area contributed by atoms with Gasteiger partial charge in [-0.25, -0.2) is 0 Å². The van der Waals surface area contributed by atoms with E-state index in [9.17, 15) is 0 Å². The number of fused-ring (bicyclic) bond motifs is 7. The van der Waals surface area contributed by atoms with Crippen molar-refractivity contribution in [2.45, 2.75) is 0 Å². The van der Waals surface area contributed by atoms with Crippen LogP contribution in [0.15, 0.2) is 155 Å². The molecule has 0 aliphatic heterocycles. The van der Waals surface area contributed by atoms with Gasteiger partial charge in [-0.3, -0.25) is 0 Å². The zero-order chi connectivity index (χ0) is 27.6. The number of rotatable bonds is 3.